The van der Waals surface area contributed by atoms with Gasteiger partial charge in [-0.3, -0.25) is 0 Å². The standard InChI is InChI=1S/C20H27N3O4/c1-24-16-7-5-14(11-18(16)26-3)9-10-22-20(21)23-13-15-6-8-17(25-2)19(12-15)27-4/h5-8,11-12H,9-10,13H2,1-4H3,(H3,21,22,23). The first-order valence-electron chi connectivity index (χ1n) is 8.56. The largest absolute Gasteiger partial charge is 0.493 e. The molecule has 0 aliphatic carbocycles. The number of rotatable bonds is 9. The molecule has 2 aromatic carbocycles. The molecule has 0 saturated carbocycles. The zero-order valence-corrected chi connectivity index (χ0v) is 16.2. The molecule has 0 radical (unpaired) electrons. The van der Waals surface area contributed by atoms with Crippen LogP contribution in [-0.2, 0) is 13.0 Å². The number of ether oxygens (including phenoxy) is 4. The summed E-state index contributed by atoms with van der Waals surface area (Å²) in [6.45, 7) is 1.12. The van der Waals surface area contributed by atoms with E-state index in [1.54, 1.807) is 28.4 Å². The van der Waals surface area contributed by atoms with Gasteiger partial charge in [0.15, 0.2) is 29.0 Å². The lowest BCUT2D eigenvalue weighted by atomic mass is 10.1. The molecule has 0 aliphatic rings. The van der Waals surface area contributed by atoms with Gasteiger partial charge >= 0.3 is 0 Å². The molecule has 2 rings (SSSR count). The van der Waals surface area contributed by atoms with Crippen molar-refractivity contribution >= 4 is 5.96 Å². The van der Waals surface area contributed by atoms with Crippen LogP contribution in [0.1, 0.15) is 11.1 Å². The topological polar surface area (TPSA) is 87.3 Å². The van der Waals surface area contributed by atoms with E-state index < -0.39 is 0 Å². The molecule has 3 N–H and O–H groups in total. The number of nitrogens with one attached hydrogen (secondary N) is 1. The van der Waals surface area contributed by atoms with Crippen molar-refractivity contribution in [2.24, 2.45) is 10.7 Å². The van der Waals surface area contributed by atoms with Gasteiger partial charge in [0.25, 0.3) is 0 Å². The number of hydrogen-bond acceptors (Lipinski definition) is 5. The third-order valence-corrected chi connectivity index (χ3v) is 4.05. The second kappa shape index (κ2) is 10.2. The van der Waals surface area contributed by atoms with E-state index in [1.165, 1.54) is 0 Å². The van der Waals surface area contributed by atoms with Crippen LogP contribution in [0.15, 0.2) is 41.4 Å². The third-order valence-electron chi connectivity index (χ3n) is 4.05. The Bertz CT molecular complexity index is 778. The summed E-state index contributed by atoms with van der Waals surface area (Å²) < 4.78 is 21.1. The Labute approximate surface area is 160 Å². The van der Waals surface area contributed by atoms with E-state index in [-0.39, 0.29) is 0 Å². The van der Waals surface area contributed by atoms with Crippen molar-refractivity contribution in [3.05, 3.63) is 47.5 Å². The van der Waals surface area contributed by atoms with Crippen molar-refractivity contribution in [2.75, 3.05) is 35.0 Å². The van der Waals surface area contributed by atoms with Crippen LogP contribution in [0.5, 0.6) is 23.0 Å². The average molecular weight is 373 g/mol. The number of nitrogens with two attached hydrogens (primary N) is 1. The second-order valence-electron chi connectivity index (χ2n) is 5.76. The summed E-state index contributed by atoms with van der Waals surface area (Å²) in [6.07, 6.45) is 0.785. The van der Waals surface area contributed by atoms with Crippen LogP contribution >= 0.6 is 0 Å². The summed E-state index contributed by atoms with van der Waals surface area (Å²) >= 11 is 0. The first-order chi connectivity index (χ1) is 13.1. The summed E-state index contributed by atoms with van der Waals surface area (Å²) in [4.78, 5) is 4.36. The smallest absolute Gasteiger partial charge is 0.188 e. The van der Waals surface area contributed by atoms with E-state index in [1.807, 2.05) is 36.4 Å². The Morgan fingerprint density at radius 2 is 1.33 bits per heavy atom. The SMILES string of the molecule is COc1ccc(CCNC(N)=NCc2ccc(OC)c(OC)c2)cc1OC. The van der Waals surface area contributed by atoms with Gasteiger partial charge in [-0.15, -0.1) is 0 Å². The van der Waals surface area contributed by atoms with Gasteiger partial charge in [-0.25, -0.2) is 4.99 Å². The van der Waals surface area contributed by atoms with Crippen molar-refractivity contribution in [1.29, 1.82) is 0 Å². The fourth-order valence-electron chi connectivity index (χ4n) is 2.58. The van der Waals surface area contributed by atoms with Gasteiger partial charge in [-0.1, -0.05) is 12.1 Å². The van der Waals surface area contributed by atoms with Crippen LogP contribution in [0.25, 0.3) is 0 Å². The van der Waals surface area contributed by atoms with Crippen molar-refractivity contribution < 1.29 is 18.9 Å². The van der Waals surface area contributed by atoms with Crippen LogP contribution in [0.2, 0.25) is 0 Å². The average Bonchev–Trinajstić information content (AvgIpc) is 2.71. The lowest BCUT2D eigenvalue weighted by molar-refractivity contribution is 0.354. The zero-order valence-electron chi connectivity index (χ0n) is 16.2. The molecule has 0 unspecified atom stereocenters. The van der Waals surface area contributed by atoms with Gasteiger partial charge in [0.05, 0.1) is 35.0 Å². The van der Waals surface area contributed by atoms with Crippen LogP contribution in [0, 0.1) is 0 Å². The van der Waals surface area contributed by atoms with Crippen molar-refractivity contribution in [2.45, 2.75) is 13.0 Å². The summed E-state index contributed by atoms with van der Waals surface area (Å²) in [5.74, 6) is 3.18. The highest BCUT2D eigenvalue weighted by atomic mass is 16.5. The maximum Gasteiger partial charge on any atom is 0.188 e. The van der Waals surface area contributed by atoms with Crippen LogP contribution in [0.3, 0.4) is 0 Å². The van der Waals surface area contributed by atoms with Crippen LogP contribution in [-0.4, -0.2) is 40.9 Å². The maximum absolute atomic E-state index is 5.95. The van der Waals surface area contributed by atoms with E-state index in [0.717, 1.165) is 17.5 Å². The van der Waals surface area contributed by atoms with E-state index in [2.05, 4.69) is 10.3 Å². The van der Waals surface area contributed by atoms with E-state index in [4.69, 9.17) is 24.7 Å². The van der Waals surface area contributed by atoms with Gasteiger partial charge in [-0.2, -0.15) is 0 Å². The zero-order chi connectivity index (χ0) is 19.6. The Balaban J connectivity index is 1.87. The molecule has 0 saturated heterocycles. The van der Waals surface area contributed by atoms with Crippen molar-refractivity contribution in [1.82, 2.24) is 5.32 Å². The number of aliphatic imine (C=N–C) groups is 1. The fourth-order valence-corrected chi connectivity index (χ4v) is 2.58. The molecule has 0 aliphatic heterocycles. The molecular weight excluding hydrogens is 346 g/mol. The highest BCUT2D eigenvalue weighted by Crippen LogP contribution is 2.28. The van der Waals surface area contributed by atoms with Crippen molar-refractivity contribution in [3.8, 4) is 23.0 Å². The van der Waals surface area contributed by atoms with Gasteiger partial charge < -0.3 is 30.0 Å². The van der Waals surface area contributed by atoms with E-state index in [0.29, 0.717) is 42.0 Å². The number of hydrogen-bond donors (Lipinski definition) is 2. The monoisotopic (exact) mass is 373 g/mol. The normalized spacial score (nSPS) is 11.0. The van der Waals surface area contributed by atoms with Crippen LogP contribution < -0.4 is 30.0 Å². The molecule has 0 heterocycles. The number of benzene rings is 2. The summed E-state index contributed by atoms with van der Waals surface area (Å²) in [6, 6.07) is 11.5. The summed E-state index contributed by atoms with van der Waals surface area (Å²) in [5.41, 5.74) is 8.05. The first kappa shape index (κ1) is 20.2. The fraction of sp³-hybridized carbons (Fsp3) is 0.350. The predicted molar refractivity (Wildman–Crippen MR) is 106 cm³/mol. The molecule has 0 atom stereocenters. The Morgan fingerprint density at radius 3 is 1.89 bits per heavy atom. The van der Waals surface area contributed by atoms with E-state index in [9.17, 15) is 0 Å². The van der Waals surface area contributed by atoms with Crippen LogP contribution in [0.4, 0.5) is 0 Å². The Hall–Kier alpha value is -3.09. The molecule has 0 bridgehead atoms. The lowest BCUT2D eigenvalue weighted by Gasteiger charge is -2.11. The maximum atomic E-state index is 5.95. The highest BCUT2D eigenvalue weighted by Gasteiger charge is 2.05. The second-order valence-corrected chi connectivity index (χ2v) is 5.76. The van der Waals surface area contributed by atoms with Gasteiger partial charge in [0.2, 0.25) is 0 Å². The molecule has 27 heavy (non-hydrogen) atoms. The van der Waals surface area contributed by atoms with Crippen molar-refractivity contribution in [3.63, 3.8) is 0 Å². The van der Waals surface area contributed by atoms with E-state index >= 15 is 0 Å². The lowest BCUT2D eigenvalue weighted by Crippen LogP contribution is -2.33. The molecule has 146 valence electrons. The molecule has 7 nitrogen and oxygen atoms in total. The molecule has 0 fully saturated rings. The predicted octanol–water partition coefficient (Wildman–Crippen LogP) is 2.37. The minimum absolute atomic E-state index is 0.394. The molecule has 0 amide bonds. The quantitative estimate of drug-likeness (QED) is 0.518. The van der Waals surface area contributed by atoms with Gasteiger partial charge in [0, 0.05) is 6.54 Å². The first-order valence-corrected chi connectivity index (χ1v) is 8.56. The molecular formula is C20H27N3O4. The third kappa shape index (κ3) is 5.70. The Morgan fingerprint density at radius 1 is 0.815 bits per heavy atom. The number of nitrogens with zero attached hydrogens (tertiary/aromatic N) is 1. The molecule has 0 spiro atoms. The number of guanidine groups is 1. The summed E-state index contributed by atoms with van der Waals surface area (Å²) in [5, 5.41) is 3.12. The molecule has 2 aromatic rings. The highest BCUT2D eigenvalue weighted by molar-refractivity contribution is 5.77. The molecule has 0 aromatic heterocycles. The Kier molecular flexibility index (Phi) is 7.61. The van der Waals surface area contributed by atoms with Gasteiger partial charge in [0.1, 0.15) is 0 Å². The minimum atomic E-state index is 0.394. The molecule has 7 heteroatoms. The van der Waals surface area contributed by atoms with Gasteiger partial charge in [-0.05, 0) is 41.8 Å². The minimum Gasteiger partial charge on any atom is -0.493 e. The summed E-state index contributed by atoms with van der Waals surface area (Å²) in [7, 11) is 6.46. The number of methoxy groups -OCH3 is 4.